The molecule has 11 heavy (non-hydrogen) atoms. The quantitative estimate of drug-likeness (QED) is 0.336. The van der Waals surface area contributed by atoms with Crippen molar-refractivity contribution < 1.29 is 9.18 Å². The van der Waals surface area contributed by atoms with Crippen molar-refractivity contribution in [3.05, 3.63) is 29.8 Å². The molecular weight excluding hydrogens is 149 g/mol. The first-order chi connectivity index (χ1) is 5.24. The molecule has 0 unspecified atom stereocenters. The number of hydrazine groups is 1. The number of hydrogen-bond donors (Lipinski definition) is 2. The highest BCUT2D eigenvalue weighted by Gasteiger charge is 2.03. The Labute approximate surface area is 62.2 Å². The average Bonchev–Trinajstić information content (AvgIpc) is 2.03. The van der Waals surface area contributed by atoms with E-state index in [4.69, 9.17) is 5.84 Å². The Hall–Kier alpha value is -1.49. The normalized spacial score (nSPS) is 9.27. The molecule has 0 aliphatic heterocycles. The van der Waals surface area contributed by atoms with Gasteiger partial charge in [-0.1, -0.05) is 0 Å². The topological polar surface area (TPSA) is 68.0 Å². The van der Waals surface area contributed by atoms with Crippen molar-refractivity contribution in [2.24, 2.45) is 5.84 Å². The van der Waals surface area contributed by atoms with Gasteiger partial charge in [0.1, 0.15) is 5.82 Å². The Morgan fingerprint density at radius 3 is 2.91 bits per heavy atom. The summed E-state index contributed by atoms with van der Waals surface area (Å²) in [6, 6.07) is 1.05. The fourth-order valence-electron chi connectivity index (χ4n) is 0.619. The first kappa shape index (κ1) is 7.62. The number of carbonyl (C=O) groups is 1. The lowest BCUT2D eigenvalue weighted by Crippen LogP contribution is -2.30. The number of carbonyl (C=O) groups excluding carboxylic acids is 1. The number of halogens is 1. The van der Waals surface area contributed by atoms with Gasteiger partial charge in [-0.3, -0.25) is 15.2 Å². The number of nitrogen functional groups attached to an aromatic ring is 1. The molecule has 0 fully saturated rings. The fraction of sp³-hybridized carbons (Fsp3) is 0. The van der Waals surface area contributed by atoms with Crippen LogP contribution in [0, 0.1) is 5.82 Å². The second kappa shape index (κ2) is 3.07. The molecule has 4 nitrogen and oxygen atoms in total. The van der Waals surface area contributed by atoms with Gasteiger partial charge in [0, 0.05) is 6.20 Å². The number of amides is 1. The van der Waals surface area contributed by atoms with Crippen molar-refractivity contribution in [2.75, 3.05) is 0 Å². The van der Waals surface area contributed by atoms with E-state index >= 15 is 0 Å². The van der Waals surface area contributed by atoms with Crippen LogP contribution >= 0.6 is 0 Å². The maximum absolute atomic E-state index is 12.4. The molecule has 0 radical (unpaired) electrons. The Balaban J connectivity index is 2.96. The summed E-state index contributed by atoms with van der Waals surface area (Å²) < 4.78 is 12.4. The molecule has 0 aliphatic rings. The van der Waals surface area contributed by atoms with Gasteiger partial charge in [0.25, 0.3) is 5.91 Å². The Morgan fingerprint density at radius 1 is 1.64 bits per heavy atom. The maximum Gasteiger partial charge on any atom is 0.266 e. The molecule has 0 aromatic carbocycles. The molecule has 0 bridgehead atoms. The van der Waals surface area contributed by atoms with Crippen molar-refractivity contribution in [1.82, 2.24) is 10.4 Å². The van der Waals surface area contributed by atoms with Gasteiger partial charge >= 0.3 is 0 Å². The Morgan fingerprint density at radius 2 is 2.36 bits per heavy atom. The van der Waals surface area contributed by atoms with Crippen LogP contribution in [0.1, 0.15) is 10.4 Å². The lowest BCUT2D eigenvalue weighted by molar-refractivity contribution is 0.0953. The minimum atomic E-state index is -0.564. The SMILES string of the molecule is NNC(=O)c1cncc(F)c1. The van der Waals surface area contributed by atoms with E-state index in [0.29, 0.717) is 0 Å². The van der Waals surface area contributed by atoms with Crippen molar-refractivity contribution in [1.29, 1.82) is 0 Å². The van der Waals surface area contributed by atoms with Crippen LogP contribution < -0.4 is 11.3 Å². The second-order valence-corrected chi connectivity index (χ2v) is 1.87. The van der Waals surface area contributed by atoms with E-state index in [2.05, 4.69) is 4.98 Å². The molecule has 1 aromatic heterocycles. The highest BCUT2D eigenvalue weighted by Crippen LogP contribution is 1.99. The molecule has 1 aromatic rings. The first-order valence-corrected chi connectivity index (χ1v) is 2.85. The highest BCUT2D eigenvalue weighted by molar-refractivity contribution is 5.93. The van der Waals surface area contributed by atoms with Crippen LogP contribution in [-0.4, -0.2) is 10.9 Å². The van der Waals surface area contributed by atoms with Crippen LogP contribution in [0.15, 0.2) is 18.5 Å². The summed E-state index contributed by atoms with van der Waals surface area (Å²) in [5.41, 5.74) is 1.97. The summed E-state index contributed by atoms with van der Waals surface area (Å²) in [7, 11) is 0. The van der Waals surface area contributed by atoms with E-state index in [1.165, 1.54) is 6.20 Å². The lowest BCUT2D eigenvalue weighted by atomic mass is 10.3. The van der Waals surface area contributed by atoms with Gasteiger partial charge in [-0.25, -0.2) is 10.2 Å². The molecule has 0 saturated heterocycles. The molecule has 1 rings (SSSR count). The van der Waals surface area contributed by atoms with E-state index in [-0.39, 0.29) is 5.56 Å². The van der Waals surface area contributed by atoms with Crippen molar-refractivity contribution in [3.8, 4) is 0 Å². The number of hydrogen-bond acceptors (Lipinski definition) is 3. The molecule has 1 heterocycles. The number of nitrogens with zero attached hydrogens (tertiary/aromatic N) is 1. The van der Waals surface area contributed by atoms with Gasteiger partial charge in [-0.2, -0.15) is 0 Å². The number of nitrogens with two attached hydrogens (primary N) is 1. The monoisotopic (exact) mass is 155 g/mol. The molecular formula is C6H6FN3O. The standard InChI is InChI=1S/C6H6FN3O/c7-5-1-4(2-9-3-5)6(11)10-8/h1-3H,8H2,(H,10,11). The number of rotatable bonds is 1. The fourth-order valence-corrected chi connectivity index (χ4v) is 0.619. The molecule has 1 amide bonds. The van der Waals surface area contributed by atoms with E-state index in [9.17, 15) is 9.18 Å². The Kier molecular flexibility index (Phi) is 2.12. The van der Waals surface area contributed by atoms with E-state index < -0.39 is 11.7 Å². The van der Waals surface area contributed by atoms with Crippen molar-refractivity contribution in [3.63, 3.8) is 0 Å². The third-order valence-corrected chi connectivity index (χ3v) is 1.10. The summed E-state index contributed by atoms with van der Waals surface area (Å²) >= 11 is 0. The third-order valence-electron chi connectivity index (χ3n) is 1.10. The van der Waals surface area contributed by atoms with Gasteiger partial charge < -0.3 is 0 Å². The molecule has 0 saturated carbocycles. The van der Waals surface area contributed by atoms with E-state index in [0.717, 1.165) is 12.3 Å². The zero-order valence-corrected chi connectivity index (χ0v) is 5.54. The minimum absolute atomic E-state index is 0.104. The van der Waals surface area contributed by atoms with Crippen LogP contribution in [0.5, 0.6) is 0 Å². The molecule has 0 aliphatic carbocycles. The van der Waals surface area contributed by atoms with E-state index in [1.54, 1.807) is 0 Å². The summed E-state index contributed by atoms with van der Waals surface area (Å²) in [4.78, 5) is 14.2. The summed E-state index contributed by atoms with van der Waals surface area (Å²) in [6.45, 7) is 0. The molecule has 0 spiro atoms. The molecule has 58 valence electrons. The number of pyridine rings is 1. The zero-order valence-electron chi connectivity index (χ0n) is 5.54. The van der Waals surface area contributed by atoms with Crippen molar-refractivity contribution >= 4 is 5.91 Å². The summed E-state index contributed by atoms with van der Waals surface area (Å²) in [5.74, 6) is 3.68. The smallest absolute Gasteiger partial charge is 0.266 e. The number of aromatic nitrogens is 1. The number of nitrogens with one attached hydrogen (secondary N) is 1. The van der Waals surface area contributed by atoms with Gasteiger partial charge in [-0.05, 0) is 6.07 Å². The van der Waals surface area contributed by atoms with Crippen LogP contribution in [-0.2, 0) is 0 Å². The minimum Gasteiger partial charge on any atom is -0.290 e. The molecule has 0 atom stereocenters. The van der Waals surface area contributed by atoms with Gasteiger partial charge in [0.05, 0.1) is 11.8 Å². The third kappa shape index (κ3) is 1.71. The van der Waals surface area contributed by atoms with Crippen LogP contribution in [0.4, 0.5) is 4.39 Å². The van der Waals surface area contributed by atoms with Crippen LogP contribution in [0.2, 0.25) is 0 Å². The predicted molar refractivity (Wildman–Crippen MR) is 35.8 cm³/mol. The predicted octanol–water partition coefficient (Wildman–Crippen LogP) is -0.176. The van der Waals surface area contributed by atoms with Gasteiger partial charge in [-0.15, -0.1) is 0 Å². The Bertz CT molecular complexity index is 276. The summed E-state index contributed by atoms with van der Waals surface area (Å²) in [6.07, 6.45) is 2.23. The average molecular weight is 155 g/mol. The molecule has 5 heteroatoms. The van der Waals surface area contributed by atoms with Gasteiger partial charge in [0.15, 0.2) is 0 Å². The highest BCUT2D eigenvalue weighted by atomic mass is 19.1. The first-order valence-electron chi connectivity index (χ1n) is 2.85. The van der Waals surface area contributed by atoms with Crippen LogP contribution in [0.3, 0.4) is 0 Å². The maximum atomic E-state index is 12.4. The lowest BCUT2D eigenvalue weighted by Gasteiger charge is -1.96. The van der Waals surface area contributed by atoms with Gasteiger partial charge in [0.2, 0.25) is 0 Å². The largest absolute Gasteiger partial charge is 0.290 e. The second-order valence-electron chi connectivity index (χ2n) is 1.87. The molecule has 3 N–H and O–H groups in total. The van der Waals surface area contributed by atoms with E-state index in [1.807, 2.05) is 5.43 Å². The van der Waals surface area contributed by atoms with Crippen molar-refractivity contribution in [2.45, 2.75) is 0 Å². The zero-order chi connectivity index (χ0) is 8.27. The summed E-state index contributed by atoms with van der Waals surface area (Å²) in [5, 5.41) is 0. The van der Waals surface area contributed by atoms with Crippen LogP contribution in [0.25, 0.3) is 0 Å².